The summed E-state index contributed by atoms with van der Waals surface area (Å²) in [5.41, 5.74) is 1.19. The lowest BCUT2D eigenvalue weighted by Gasteiger charge is -2.13. The van der Waals surface area contributed by atoms with Gasteiger partial charge < -0.3 is 14.2 Å². The number of nitrogens with zero attached hydrogens (tertiary/aromatic N) is 4. The molecule has 24 heavy (non-hydrogen) atoms. The number of hydrogen-bond acceptors (Lipinski definition) is 5. The summed E-state index contributed by atoms with van der Waals surface area (Å²) in [4.78, 5) is 2.52. The zero-order chi connectivity index (χ0) is 16.1. The van der Waals surface area contributed by atoms with Crippen LogP contribution in [0.1, 0.15) is 24.2 Å². The number of aryl methyl sites for hydroxylation is 1. The summed E-state index contributed by atoms with van der Waals surface area (Å²) in [5.74, 6) is 2.79. The zero-order valence-electron chi connectivity index (χ0n) is 14.3. The first-order valence-corrected chi connectivity index (χ1v) is 9.14. The van der Waals surface area contributed by atoms with Gasteiger partial charge in [-0.15, -0.1) is 22.6 Å². The van der Waals surface area contributed by atoms with Gasteiger partial charge in [-0.25, -0.2) is 0 Å². The first kappa shape index (κ1) is 19.1. The molecule has 0 atom stereocenters. The molecule has 2 heterocycles. The molecule has 1 fully saturated rings. The first-order chi connectivity index (χ1) is 11.2. The maximum absolute atomic E-state index is 5.81. The maximum Gasteiger partial charge on any atom is 0.191 e. The van der Waals surface area contributed by atoms with E-state index in [0.29, 0.717) is 6.61 Å². The fourth-order valence-corrected chi connectivity index (χ4v) is 3.65. The lowest BCUT2D eigenvalue weighted by molar-refractivity contribution is 0.290. The highest BCUT2D eigenvalue weighted by atomic mass is 35.5. The maximum atomic E-state index is 5.81. The molecular weight excluding hydrogens is 344 g/mol. The molecule has 0 amide bonds. The van der Waals surface area contributed by atoms with Crippen LogP contribution in [0.3, 0.4) is 0 Å². The van der Waals surface area contributed by atoms with Gasteiger partial charge in [0.25, 0.3) is 0 Å². The molecule has 7 heteroatoms. The number of benzene rings is 1. The molecular formula is C17H25ClN4OS. The Morgan fingerprint density at radius 1 is 1.21 bits per heavy atom. The zero-order valence-corrected chi connectivity index (χ0v) is 15.9. The number of halogens is 1. The Morgan fingerprint density at radius 2 is 2.00 bits per heavy atom. The van der Waals surface area contributed by atoms with Crippen LogP contribution in [0.5, 0.6) is 5.75 Å². The van der Waals surface area contributed by atoms with E-state index in [-0.39, 0.29) is 12.4 Å². The Labute approximate surface area is 154 Å². The van der Waals surface area contributed by atoms with Gasteiger partial charge in [0.15, 0.2) is 11.0 Å². The standard InChI is InChI=1S/C17H24N4OS.ClH/c1-14-6-5-7-15(12-14)22-13-16-18-19-17(20(16)2)23-11-10-21-8-3-4-9-21;/h5-7,12H,3-4,8-11,13H2,1-2H3;1H. The minimum absolute atomic E-state index is 0. The second-order valence-electron chi connectivity index (χ2n) is 5.96. The number of hydrogen-bond donors (Lipinski definition) is 0. The predicted octanol–water partition coefficient (Wildman–Crippen LogP) is 3.31. The van der Waals surface area contributed by atoms with Crippen LogP contribution < -0.4 is 4.74 Å². The molecule has 0 unspecified atom stereocenters. The van der Waals surface area contributed by atoms with Gasteiger partial charge in [0.05, 0.1) is 0 Å². The van der Waals surface area contributed by atoms with Crippen molar-refractivity contribution < 1.29 is 4.74 Å². The summed E-state index contributed by atoms with van der Waals surface area (Å²) in [5, 5.41) is 9.51. The number of ether oxygens (including phenoxy) is 1. The molecule has 2 aromatic rings. The molecule has 0 aliphatic carbocycles. The van der Waals surface area contributed by atoms with Gasteiger partial charge in [-0.1, -0.05) is 23.9 Å². The molecule has 0 saturated carbocycles. The lowest BCUT2D eigenvalue weighted by atomic mass is 10.2. The van der Waals surface area contributed by atoms with E-state index in [1.165, 1.54) is 31.5 Å². The summed E-state index contributed by atoms with van der Waals surface area (Å²) in [6, 6.07) is 8.06. The van der Waals surface area contributed by atoms with Crippen LogP contribution >= 0.6 is 24.2 Å². The minimum atomic E-state index is 0. The largest absolute Gasteiger partial charge is 0.486 e. The monoisotopic (exact) mass is 368 g/mol. The molecule has 3 rings (SSSR count). The highest BCUT2D eigenvalue weighted by Gasteiger charge is 2.13. The second kappa shape index (κ2) is 9.30. The molecule has 1 aromatic heterocycles. The highest BCUT2D eigenvalue weighted by Crippen LogP contribution is 2.19. The van der Waals surface area contributed by atoms with Crippen LogP contribution in [-0.4, -0.2) is 45.1 Å². The normalized spacial score (nSPS) is 14.6. The molecule has 1 aliphatic heterocycles. The van der Waals surface area contributed by atoms with Crippen LogP contribution in [0.15, 0.2) is 29.4 Å². The van der Waals surface area contributed by atoms with Gasteiger partial charge in [-0.2, -0.15) is 0 Å². The van der Waals surface area contributed by atoms with Gasteiger partial charge in [-0.05, 0) is 50.6 Å². The highest BCUT2D eigenvalue weighted by molar-refractivity contribution is 7.99. The number of rotatable bonds is 7. The summed E-state index contributed by atoms with van der Waals surface area (Å²) >= 11 is 1.77. The van der Waals surface area contributed by atoms with Crippen molar-refractivity contribution in [1.29, 1.82) is 0 Å². The van der Waals surface area contributed by atoms with Crippen LogP contribution in [-0.2, 0) is 13.7 Å². The summed E-state index contributed by atoms with van der Waals surface area (Å²) in [7, 11) is 2.01. The van der Waals surface area contributed by atoms with Crippen LogP contribution in [0.25, 0.3) is 0 Å². The third-order valence-electron chi connectivity index (χ3n) is 4.12. The molecule has 1 aromatic carbocycles. The fourth-order valence-electron chi connectivity index (χ4n) is 2.72. The molecule has 1 saturated heterocycles. The van der Waals surface area contributed by atoms with Gasteiger partial charge in [0, 0.05) is 19.3 Å². The van der Waals surface area contributed by atoms with E-state index in [4.69, 9.17) is 4.74 Å². The molecule has 1 aliphatic rings. The summed E-state index contributed by atoms with van der Waals surface area (Å²) < 4.78 is 7.84. The quantitative estimate of drug-likeness (QED) is 0.701. The second-order valence-corrected chi connectivity index (χ2v) is 7.02. The van der Waals surface area contributed by atoms with Gasteiger partial charge in [0.1, 0.15) is 12.4 Å². The van der Waals surface area contributed by atoms with E-state index in [1.807, 2.05) is 29.8 Å². The SMILES string of the molecule is Cc1cccc(OCc2nnc(SCCN3CCCC3)n2C)c1.Cl. The predicted molar refractivity (Wildman–Crippen MR) is 100 cm³/mol. The molecule has 0 spiro atoms. The van der Waals surface area contributed by atoms with Crippen molar-refractivity contribution in [2.24, 2.45) is 7.05 Å². The lowest BCUT2D eigenvalue weighted by Crippen LogP contribution is -2.22. The van der Waals surface area contributed by atoms with E-state index < -0.39 is 0 Å². The molecule has 0 radical (unpaired) electrons. The Kier molecular flexibility index (Phi) is 7.40. The Morgan fingerprint density at radius 3 is 2.75 bits per heavy atom. The topological polar surface area (TPSA) is 43.2 Å². The third-order valence-corrected chi connectivity index (χ3v) is 5.12. The number of aromatic nitrogens is 3. The number of thioether (sulfide) groups is 1. The average molecular weight is 369 g/mol. The van der Waals surface area contributed by atoms with Gasteiger partial charge in [0.2, 0.25) is 0 Å². The Hall–Kier alpha value is -1.24. The fraction of sp³-hybridized carbons (Fsp3) is 0.529. The van der Waals surface area contributed by atoms with Crippen molar-refractivity contribution in [2.75, 3.05) is 25.4 Å². The van der Waals surface area contributed by atoms with Crippen molar-refractivity contribution in [2.45, 2.75) is 31.5 Å². The van der Waals surface area contributed by atoms with Crippen molar-refractivity contribution in [1.82, 2.24) is 19.7 Å². The smallest absolute Gasteiger partial charge is 0.191 e. The van der Waals surface area contributed by atoms with Gasteiger partial charge >= 0.3 is 0 Å². The van der Waals surface area contributed by atoms with Crippen LogP contribution in [0, 0.1) is 6.92 Å². The average Bonchev–Trinajstić information content (AvgIpc) is 3.17. The van der Waals surface area contributed by atoms with Crippen molar-refractivity contribution in [3.63, 3.8) is 0 Å². The van der Waals surface area contributed by atoms with E-state index in [9.17, 15) is 0 Å². The molecule has 0 bridgehead atoms. The molecule has 0 N–H and O–H groups in total. The van der Waals surface area contributed by atoms with E-state index >= 15 is 0 Å². The van der Waals surface area contributed by atoms with E-state index in [2.05, 4.69) is 28.1 Å². The summed E-state index contributed by atoms with van der Waals surface area (Å²) in [6.07, 6.45) is 2.68. The first-order valence-electron chi connectivity index (χ1n) is 8.15. The molecule has 132 valence electrons. The summed E-state index contributed by atoms with van der Waals surface area (Å²) in [6.45, 7) is 6.13. The third kappa shape index (κ3) is 5.13. The van der Waals surface area contributed by atoms with Crippen LogP contribution in [0.4, 0.5) is 0 Å². The van der Waals surface area contributed by atoms with E-state index in [1.54, 1.807) is 11.8 Å². The van der Waals surface area contributed by atoms with Crippen LogP contribution in [0.2, 0.25) is 0 Å². The Bertz CT molecular complexity index is 643. The molecule has 5 nitrogen and oxygen atoms in total. The van der Waals surface area contributed by atoms with Crippen molar-refractivity contribution in [3.05, 3.63) is 35.7 Å². The minimum Gasteiger partial charge on any atom is -0.486 e. The van der Waals surface area contributed by atoms with Crippen molar-refractivity contribution >= 4 is 24.2 Å². The number of likely N-dealkylation sites (tertiary alicyclic amines) is 1. The van der Waals surface area contributed by atoms with Crippen molar-refractivity contribution in [3.8, 4) is 5.75 Å². The van der Waals surface area contributed by atoms with E-state index in [0.717, 1.165) is 29.0 Å². The van der Waals surface area contributed by atoms with Gasteiger partial charge in [-0.3, -0.25) is 0 Å². The Balaban J connectivity index is 0.00000208.